The second-order valence-corrected chi connectivity index (χ2v) is 10.8. The number of aryl methyl sites for hydroxylation is 1. The Balaban J connectivity index is 1.55. The molecule has 174 valence electrons. The number of aromatic nitrogens is 3. The number of likely N-dealkylation sites (tertiary alicyclic amines) is 1. The molecule has 2 N–H and O–H groups in total. The number of anilines is 1. The van der Waals surface area contributed by atoms with Gasteiger partial charge in [0.2, 0.25) is 0 Å². The third-order valence-electron chi connectivity index (χ3n) is 7.10. The van der Waals surface area contributed by atoms with E-state index in [0.717, 1.165) is 56.2 Å². The third-order valence-corrected chi connectivity index (χ3v) is 7.10. The molecule has 0 bridgehead atoms. The van der Waals surface area contributed by atoms with Gasteiger partial charge in [-0.2, -0.15) is 0 Å². The van der Waals surface area contributed by atoms with Crippen LogP contribution >= 0.6 is 0 Å². The molecule has 0 aromatic carbocycles. The SMILES string of the molecule is CC(C)c1c(C2=CCC3(CC2)CCN(C(=O)OC(C)(C)C)CC3)n(C)c2ncnc(N)c12. The maximum absolute atomic E-state index is 12.4. The molecule has 0 radical (unpaired) electrons. The van der Waals surface area contributed by atoms with Crippen LogP contribution in [0.3, 0.4) is 0 Å². The second-order valence-electron chi connectivity index (χ2n) is 10.8. The first-order valence-corrected chi connectivity index (χ1v) is 11.8. The summed E-state index contributed by atoms with van der Waals surface area (Å²) >= 11 is 0. The minimum absolute atomic E-state index is 0.185. The van der Waals surface area contributed by atoms with E-state index in [2.05, 4.69) is 41.5 Å². The molecule has 32 heavy (non-hydrogen) atoms. The number of carbonyl (C=O) groups excluding carboxylic acids is 1. The number of nitrogens with zero attached hydrogens (tertiary/aromatic N) is 4. The van der Waals surface area contributed by atoms with Crippen molar-refractivity contribution < 1.29 is 9.53 Å². The highest BCUT2D eigenvalue weighted by Crippen LogP contribution is 2.48. The lowest BCUT2D eigenvalue weighted by Gasteiger charge is -2.43. The van der Waals surface area contributed by atoms with Crippen molar-refractivity contribution in [2.24, 2.45) is 12.5 Å². The summed E-state index contributed by atoms with van der Waals surface area (Å²) in [6.45, 7) is 11.7. The van der Waals surface area contributed by atoms with E-state index in [9.17, 15) is 4.79 Å². The maximum atomic E-state index is 12.4. The number of fused-ring (bicyclic) bond motifs is 1. The van der Waals surface area contributed by atoms with Crippen LogP contribution in [0.5, 0.6) is 0 Å². The molecule has 4 rings (SSSR count). The highest BCUT2D eigenvalue weighted by atomic mass is 16.6. The zero-order valence-electron chi connectivity index (χ0n) is 20.4. The quantitative estimate of drug-likeness (QED) is 0.690. The van der Waals surface area contributed by atoms with Gasteiger partial charge in [-0.25, -0.2) is 14.8 Å². The van der Waals surface area contributed by atoms with Crippen LogP contribution in [-0.4, -0.2) is 44.2 Å². The predicted octanol–water partition coefficient (Wildman–Crippen LogP) is 5.26. The van der Waals surface area contributed by atoms with E-state index in [-0.39, 0.29) is 11.5 Å². The molecule has 1 aliphatic carbocycles. The number of carbonyl (C=O) groups is 1. The first kappa shape index (κ1) is 22.6. The van der Waals surface area contributed by atoms with Crippen molar-refractivity contribution >= 4 is 28.5 Å². The van der Waals surface area contributed by atoms with E-state index in [1.807, 2.05) is 25.7 Å². The summed E-state index contributed by atoms with van der Waals surface area (Å²) in [5, 5.41) is 0.992. The number of nitrogens with two attached hydrogens (primary N) is 1. The summed E-state index contributed by atoms with van der Waals surface area (Å²) in [5.74, 6) is 0.888. The molecule has 1 fully saturated rings. The van der Waals surface area contributed by atoms with E-state index in [4.69, 9.17) is 10.5 Å². The average Bonchev–Trinajstić information content (AvgIpc) is 3.02. The van der Waals surface area contributed by atoms with Gasteiger partial charge in [-0.1, -0.05) is 19.9 Å². The lowest BCUT2D eigenvalue weighted by molar-refractivity contribution is 0.00896. The summed E-state index contributed by atoms with van der Waals surface area (Å²) in [5.41, 5.74) is 10.9. The Morgan fingerprint density at radius 2 is 1.88 bits per heavy atom. The molecule has 1 saturated heterocycles. The molecule has 2 aromatic heterocycles. The van der Waals surface area contributed by atoms with E-state index in [1.165, 1.54) is 16.8 Å². The predicted molar refractivity (Wildman–Crippen MR) is 128 cm³/mol. The lowest BCUT2D eigenvalue weighted by atomic mass is 9.68. The lowest BCUT2D eigenvalue weighted by Crippen LogP contribution is -2.45. The van der Waals surface area contributed by atoms with Gasteiger partial charge in [-0.15, -0.1) is 0 Å². The van der Waals surface area contributed by atoms with Crippen molar-refractivity contribution in [3.8, 4) is 0 Å². The topological polar surface area (TPSA) is 86.3 Å². The van der Waals surface area contributed by atoms with E-state index >= 15 is 0 Å². The third kappa shape index (κ3) is 4.09. The van der Waals surface area contributed by atoms with Crippen LogP contribution in [0.15, 0.2) is 12.4 Å². The highest BCUT2D eigenvalue weighted by molar-refractivity contribution is 5.95. The summed E-state index contributed by atoms with van der Waals surface area (Å²) < 4.78 is 7.76. The standard InChI is InChI=1S/C25H37N5O2/c1-16(2)18-19-21(26)27-15-28-22(19)29(6)20(18)17-7-9-25(10-8-17)11-13-30(14-12-25)23(31)32-24(3,4)5/h7,15-16H,8-14H2,1-6H3,(H2,26,27,28). The average molecular weight is 440 g/mol. The fourth-order valence-corrected chi connectivity index (χ4v) is 5.36. The largest absolute Gasteiger partial charge is 0.444 e. The molecular weight excluding hydrogens is 402 g/mol. The van der Waals surface area contributed by atoms with Crippen LogP contribution in [0.2, 0.25) is 0 Å². The zero-order valence-corrected chi connectivity index (χ0v) is 20.4. The molecule has 7 heteroatoms. The Kier molecular flexibility index (Phi) is 5.72. The van der Waals surface area contributed by atoms with Crippen LogP contribution in [0.25, 0.3) is 16.6 Å². The van der Waals surface area contributed by atoms with E-state index < -0.39 is 5.60 Å². The number of allylic oxidation sites excluding steroid dienone is 2. The fraction of sp³-hybridized carbons (Fsp3) is 0.640. The van der Waals surface area contributed by atoms with Crippen molar-refractivity contribution in [1.29, 1.82) is 0 Å². The number of ether oxygens (including phenoxy) is 1. The maximum Gasteiger partial charge on any atom is 0.410 e. The first-order chi connectivity index (χ1) is 15.0. The van der Waals surface area contributed by atoms with Gasteiger partial charge in [0.1, 0.15) is 23.4 Å². The van der Waals surface area contributed by atoms with Gasteiger partial charge in [0, 0.05) is 25.8 Å². The van der Waals surface area contributed by atoms with Gasteiger partial charge in [0.05, 0.1) is 5.39 Å². The van der Waals surface area contributed by atoms with Crippen molar-refractivity contribution in [2.75, 3.05) is 18.8 Å². The summed E-state index contributed by atoms with van der Waals surface area (Å²) in [6.07, 6.45) is 9.07. The first-order valence-electron chi connectivity index (χ1n) is 11.8. The molecule has 7 nitrogen and oxygen atoms in total. The molecule has 0 unspecified atom stereocenters. The van der Waals surface area contributed by atoms with Crippen molar-refractivity contribution in [3.05, 3.63) is 23.7 Å². The monoisotopic (exact) mass is 439 g/mol. The van der Waals surface area contributed by atoms with Gasteiger partial charge in [0.15, 0.2) is 0 Å². The minimum atomic E-state index is -0.449. The number of rotatable bonds is 2. The van der Waals surface area contributed by atoms with Crippen LogP contribution in [-0.2, 0) is 11.8 Å². The van der Waals surface area contributed by atoms with Gasteiger partial charge in [-0.3, -0.25) is 0 Å². The van der Waals surface area contributed by atoms with Crippen LogP contribution in [0.1, 0.15) is 83.9 Å². The molecule has 1 amide bonds. The molecule has 0 saturated carbocycles. The van der Waals surface area contributed by atoms with Crippen molar-refractivity contribution in [2.45, 2.75) is 78.2 Å². The minimum Gasteiger partial charge on any atom is -0.444 e. The van der Waals surface area contributed by atoms with E-state index in [1.54, 1.807) is 6.33 Å². The summed E-state index contributed by atoms with van der Waals surface area (Å²) in [4.78, 5) is 23.1. The molecule has 0 atom stereocenters. The van der Waals surface area contributed by atoms with Crippen LogP contribution < -0.4 is 5.73 Å². The fourth-order valence-electron chi connectivity index (χ4n) is 5.36. The number of hydrogen-bond acceptors (Lipinski definition) is 5. The highest BCUT2D eigenvalue weighted by Gasteiger charge is 2.38. The molecular formula is C25H37N5O2. The molecule has 2 aliphatic rings. The normalized spacial score (nSPS) is 19.0. The Bertz CT molecular complexity index is 1050. The Morgan fingerprint density at radius 3 is 2.44 bits per heavy atom. The Hall–Kier alpha value is -2.57. The van der Waals surface area contributed by atoms with E-state index in [0.29, 0.717) is 11.7 Å². The number of nitrogen functional groups attached to an aromatic ring is 1. The van der Waals surface area contributed by atoms with Gasteiger partial charge >= 0.3 is 6.09 Å². The summed E-state index contributed by atoms with van der Waals surface area (Å²) in [6, 6.07) is 0. The molecule has 1 spiro atoms. The van der Waals surface area contributed by atoms with Gasteiger partial charge < -0.3 is 19.9 Å². The number of amides is 1. The van der Waals surface area contributed by atoms with Crippen molar-refractivity contribution in [3.63, 3.8) is 0 Å². The summed E-state index contributed by atoms with van der Waals surface area (Å²) in [7, 11) is 2.08. The smallest absolute Gasteiger partial charge is 0.410 e. The second kappa shape index (κ2) is 8.09. The number of hydrogen-bond donors (Lipinski definition) is 1. The molecule has 1 aliphatic heterocycles. The van der Waals surface area contributed by atoms with Crippen LogP contribution in [0.4, 0.5) is 10.6 Å². The Labute approximate surface area is 191 Å². The van der Waals surface area contributed by atoms with Crippen molar-refractivity contribution in [1.82, 2.24) is 19.4 Å². The van der Waals surface area contributed by atoms with Gasteiger partial charge in [-0.05, 0) is 75.3 Å². The number of piperidine rings is 1. The molecule has 2 aromatic rings. The Morgan fingerprint density at radius 1 is 1.19 bits per heavy atom. The molecule has 3 heterocycles. The van der Waals surface area contributed by atoms with Gasteiger partial charge in [0.25, 0.3) is 0 Å². The van der Waals surface area contributed by atoms with Crippen LogP contribution in [0, 0.1) is 5.41 Å². The zero-order chi connectivity index (χ0) is 23.3.